The van der Waals surface area contributed by atoms with Crippen molar-refractivity contribution >= 4 is 33.2 Å². The Labute approximate surface area is 212 Å². The molecule has 2 rings (SSSR count). The van der Waals surface area contributed by atoms with Gasteiger partial charge in [-0.25, -0.2) is 8.42 Å². The molecule has 2 aromatic carbocycles. The lowest BCUT2D eigenvalue weighted by Crippen LogP contribution is -2.55. The summed E-state index contributed by atoms with van der Waals surface area (Å²) in [6.45, 7) is 8.23. The molecule has 0 aliphatic rings. The molecule has 196 valence electrons. The molecule has 36 heavy (non-hydrogen) atoms. The van der Waals surface area contributed by atoms with Crippen LogP contribution in [0.4, 0.5) is 11.4 Å². The molecule has 1 N–H and O–H groups in total. The normalized spacial score (nSPS) is 12.5. The van der Waals surface area contributed by atoms with E-state index in [9.17, 15) is 28.1 Å². The SMILES string of the molecule is Cc1ccc([N+](=O)[O-])cc1N(CC(=O)N(CCc1ccccc1)C(C)C(=O)NC(C)(C)C)S(C)(=O)=O. The summed E-state index contributed by atoms with van der Waals surface area (Å²) in [4.78, 5) is 38.5. The number of hydrogen-bond acceptors (Lipinski definition) is 6. The largest absolute Gasteiger partial charge is 0.350 e. The summed E-state index contributed by atoms with van der Waals surface area (Å²) in [7, 11) is -3.99. The number of non-ortho nitro benzene ring substituents is 1. The Hall–Kier alpha value is -3.47. The second-order valence-corrected chi connectivity index (χ2v) is 11.6. The molecule has 0 radical (unpaired) electrons. The molecule has 0 aromatic heterocycles. The lowest BCUT2D eigenvalue weighted by atomic mass is 10.1. The first-order valence-corrected chi connectivity index (χ1v) is 13.3. The molecule has 1 unspecified atom stereocenters. The van der Waals surface area contributed by atoms with Gasteiger partial charge in [0.05, 0.1) is 16.9 Å². The zero-order valence-electron chi connectivity index (χ0n) is 21.5. The smallest absolute Gasteiger partial charge is 0.271 e. The molecule has 0 aliphatic heterocycles. The molecule has 0 saturated heterocycles. The van der Waals surface area contributed by atoms with Crippen molar-refractivity contribution in [3.8, 4) is 0 Å². The first-order valence-electron chi connectivity index (χ1n) is 11.5. The van der Waals surface area contributed by atoms with E-state index in [1.807, 2.05) is 51.1 Å². The Kier molecular flexibility index (Phi) is 9.20. The van der Waals surface area contributed by atoms with E-state index in [-0.39, 0.29) is 23.8 Å². The molecule has 10 nitrogen and oxygen atoms in total. The van der Waals surface area contributed by atoms with E-state index < -0.39 is 39.0 Å². The third-order valence-electron chi connectivity index (χ3n) is 5.50. The molecule has 2 amide bonds. The van der Waals surface area contributed by atoms with Gasteiger partial charge in [0, 0.05) is 24.2 Å². The minimum absolute atomic E-state index is 0.0369. The van der Waals surface area contributed by atoms with Crippen LogP contribution in [-0.2, 0) is 26.0 Å². The Morgan fingerprint density at radius 3 is 2.25 bits per heavy atom. The van der Waals surface area contributed by atoms with Crippen molar-refractivity contribution in [2.75, 3.05) is 23.7 Å². The van der Waals surface area contributed by atoms with Gasteiger partial charge in [-0.2, -0.15) is 0 Å². The molecule has 11 heteroatoms. The maximum atomic E-state index is 13.5. The molecule has 0 bridgehead atoms. The quantitative estimate of drug-likeness (QED) is 0.380. The lowest BCUT2D eigenvalue weighted by molar-refractivity contribution is -0.384. The van der Waals surface area contributed by atoms with Crippen LogP contribution < -0.4 is 9.62 Å². The molecule has 1 atom stereocenters. The van der Waals surface area contributed by atoms with Crippen LogP contribution >= 0.6 is 0 Å². The average Bonchev–Trinajstić information content (AvgIpc) is 2.76. The van der Waals surface area contributed by atoms with Crippen molar-refractivity contribution < 1.29 is 22.9 Å². The number of nitrogens with zero attached hydrogens (tertiary/aromatic N) is 3. The number of amides is 2. The first-order chi connectivity index (χ1) is 16.6. The van der Waals surface area contributed by atoms with Crippen LogP contribution in [0.2, 0.25) is 0 Å². The molecule has 0 saturated carbocycles. The molecule has 0 spiro atoms. The standard InChI is InChI=1S/C25H34N4O6S/c1-18-12-13-21(29(32)33)16-22(18)28(36(6,34)35)17-23(30)27(15-14-20-10-8-7-9-11-20)19(2)24(31)26-25(3,4)5/h7-13,16,19H,14-15,17H2,1-6H3,(H,26,31). The third kappa shape index (κ3) is 8.04. The maximum absolute atomic E-state index is 13.5. The molecule has 0 fully saturated rings. The second kappa shape index (κ2) is 11.5. The van der Waals surface area contributed by atoms with Gasteiger partial charge in [0.15, 0.2) is 0 Å². The van der Waals surface area contributed by atoms with Gasteiger partial charge in [-0.3, -0.25) is 24.0 Å². The van der Waals surface area contributed by atoms with Gasteiger partial charge in [-0.05, 0) is 52.2 Å². The number of anilines is 1. The monoisotopic (exact) mass is 518 g/mol. The number of sulfonamides is 1. The number of carbonyl (C=O) groups is 2. The van der Waals surface area contributed by atoms with Crippen molar-refractivity contribution in [3.63, 3.8) is 0 Å². The zero-order valence-corrected chi connectivity index (χ0v) is 22.3. The van der Waals surface area contributed by atoms with Gasteiger partial charge in [0.25, 0.3) is 5.69 Å². The predicted molar refractivity (Wildman–Crippen MR) is 139 cm³/mol. The summed E-state index contributed by atoms with van der Waals surface area (Å²) in [5.41, 5.74) is 0.616. The Bertz CT molecular complexity index is 1210. The molecular weight excluding hydrogens is 484 g/mol. The number of benzene rings is 2. The molecular formula is C25H34N4O6S. The van der Waals surface area contributed by atoms with Crippen LogP contribution in [0.15, 0.2) is 48.5 Å². The van der Waals surface area contributed by atoms with Gasteiger partial charge in [-0.1, -0.05) is 36.4 Å². The van der Waals surface area contributed by atoms with Gasteiger partial charge >= 0.3 is 0 Å². The van der Waals surface area contributed by atoms with Gasteiger partial charge < -0.3 is 10.2 Å². The highest BCUT2D eigenvalue weighted by molar-refractivity contribution is 7.92. The fourth-order valence-corrected chi connectivity index (χ4v) is 4.52. The minimum atomic E-state index is -3.99. The van der Waals surface area contributed by atoms with E-state index in [1.54, 1.807) is 13.8 Å². The minimum Gasteiger partial charge on any atom is -0.350 e. The van der Waals surface area contributed by atoms with Crippen molar-refractivity contribution in [1.82, 2.24) is 10.2 Å². The highest BCUT2D eigenvalue weighted by atomic mass is 32.2. The summed E-state index contributed by atoms with van der Waals surface area (Å²) in [6, 6.07) is 12.4. The van der Waals surface area contributed by atoms with Crippen LogP contribution in [0.25, 0.3) is 0 Å². The Balaban J connectivity index is 2.42. The predicted octanol–water partition coefficient (Wildman–Crippen LogP) is 3.04. The van der Waals surface area contributed by atoms with E-state index >= 15 is 0 Å². The van der Waals surface area contributed by atoms with Crippen molar-refractivity contribution in [2.45, 2.75) is 52.6 Å². The topological polar surface area (TPSA) is 130 Å². The summed E-state index contributed by atoms with van der Waals surface area (Å²) >= 11 is 0. The van der Waals surface area contributed by atoms with E-state index in [0.717, 1.165) is 22.2 Å². The average molecular weight is 519 g/mol. The molecule has 0 aliphatic carbocycles. The number of nitrogens with one attached hydrogen (secondary N) is 1. The van der Waals surface area contributed by atoms with Crippen molar-refractivity contribution in [3.05, 3.63) is 69.8 Å². The van der Waals surface area contributed by atoms with E-state index in [0.29, 0.717) is 12.0 Å². The number of aryl methyl sites for hydroxylation is 1. The van der Waals surface area contributed by atoms with Crippen LogP contribution in [0.5, 0.6) is 0 Å². The number of carbonyl (C=O) groups excluding carboxylic acids is 2. The summed E-state index contributed by atoms with van der Waals surface area (Å²) in [6.07, 6.45) is 1.39. The third-order valence-corrected chi connectivity index (χ3v) is 6.63. The molecule has 0 heterocycles. The van der Waals surface area contributed by atoms with Crippen LogP contribution in [0, 0.1) is 17.0 Å². The van der Waals surface area contributed by atoms with E-state index in [2.05, 4.69) is 5.32 Å². The van der Waals surface area contributed by atoms with E-state index in [4.69, 9.17) is 0 Å². The van der Waals surface area contributed by atoms with Crippen molar-refractivity contribution in [2.24, 2.45) is 0 Å². The summed E-state index contributed by atoms with van der Waals surface area (Å²) in [5, 5.41) is 14.1. The van der Waals surface area contributed by atoms with Crippen LogP contribution in [0.1, 0.15) is 38.8 Å². The second-order valence-electron chi connectivity index (χ2n) is 9.74. The summed E-state index contributed by atoms with van der Waals surface area (Å²) < 4.78 is 26.2. The van der Waals surface area contributed by atoms with Gasteiger partial charge in [0.2, 0.25) is 21.8 Å². The fourth-order valence-electron chi connectivity index (χ4n) is 3.62. The van der Waals surface area contributed by atoms with Gasteiger partial charge in [-0.15, -0.1) is 0 Å². The number of rotatable bonds is 10. The Morgan fingerprint density at radius 2 is 1.72 bits per heavy atom. The molecule has 2 aromatic rings. The first kappa shape index (κ1) is 28.8. The van der Waals surface area contributed by atoms with Crippen LogP contribution in [-0.4, -0.2) is 61.0 Å². The lowest BCUT2D eigenvalue weighted by Gasteiger charge is -2.33. The maximum Gasteiger partial charge on any atom is 0.271 e. The zero-order chi connectivity index (χ0) is 27.3. The van der Waals surface area contributed by atoms with Crippen LogP contribution in [0.3, 0.4) is 0 Å². The number of nitro groups is 1. The number of hydrogen-bond donors (Lipinski definition) is 1. The number of nitro benzene ring substituents is 1. The van der Waals surface area contributed by atoms with Crippen molar-refractivity contribution in [1.29, 1.82) is 0 Å². The highest BCUT2D eigenvalue weighted by Gasteiger charge is 2.32. The fraction of sp³-hybridized carbons (Fsp3) is 0.440. The van der Waals surface area contributed by atoms with E-state index in [1.165, 1.54) is 17.0 Å². The Morgan fingerprint density at radius 1 is 1.11 bits per heavy atom. The summed E-state index contributed by atoms with van der Waals surface area (Å²) in [5.74, 6) is -0.972. The van der Waals surface area contributed by atoms with Gasteiger partial charge in [0.1, 0.15) is 12.6 Å². The highest BCUT2D eigenvalue weighted by Crippen LogP contribution is 2.27.